The molecular formula is C23H26N2O5. The lowest BCUT2D eigenvalue weighted by Crippen LogP contribution is -2.14. The zero-order valence-electron chi connectivity index (χ0n) is 17.4. The fourth-order valence-electron chi connectivity index (χ4n) is 3.35. The summed E-state index contributed by atoms with van der Waals surface area (Å²) in [5.74, 6) is 0.0523. The number of nitrogens with two attached hydrogens (primary N) is 1. The Kier molecular flexibility index (Phi) is 8.17. The predicted octanol–water partition coefficient (Wildman–Crippen LogP) is 3.24. The first-order chi connectivity index (χ1) is 14.4. The number of aromatic nitrogens is 1. The van der Waals surface area contributed by atoms with Crippen molar-refractivity contribution in [3.8, 4) is 5.75 Å². The molecule has 2 N–H and O–H groups in total. The maximum atomic E-state index is 12.4. The van der Waals surface area contributed by atoms with Gasteiger partial charge in [-0.2, -0.15) is 0 Å². The summed E-state index contributed by atoms with van der Waals surface area (Å²) in [5.41, 5.74) is 7.72. The maximum absolute atomic E-state index is 12.4. The molecular weight excluding hydrogens is 384 g/mol. The SMILES string of the molecule is CCOC(=O)COc1cccc2c1c(C(C)=O)c(C)n2Cc1ccccc1.NC=O. The van der Waals surface area contributed by atoms with E-state index in [1.807, 2.05) is 37.3 Å². The fraction of sp³-hybridized carbons (Fsp3) is 0.261. The third-order valence-electron chi connectivity index (χ3n) is 4.50. The average molecular weight is 410 g/mol. The van der Waals surface area contributed by atoms with Crippen LogP contribution in [0.1, 0.15) is 35.5 Å². The number of fused-ring (bicyclic) bond motifs is 1. The minimum absolute atomic E-state index is 0.0310. The molecule has 158 valence electrons. The van der Waals surface area contributed by atoms with Gasteiger partial charge >= 0.3 is 5.97 Å². The molecule has 0 radical (unpaired) electrons. The van der Waals surface area contributed by atoms with Crippen LogP contribution in [-0.4, -0.2) is 35.9 Å². The molecule has 1 aromatic heterocycles. The van der Waals surface area contributed by atoms with Crippen LogP contribution in [0.3, 0.4) is 0 Å². The molecule has 0 atom stereocenters. The van der Waals surface area contributed by atoms with Crippen molar-refractivity contribution in [1.82, 2.24) is 4.57 Å². The van der Waals surface area contributed by atoms with Crippen LogP contribution in [0.4, 0.5) is 0 Å². The van der Waals surface area contributed by atoms with E-state index in [4.69, 9.17) is 14.3 Å². The van der Waals surface area contributed by atoms with E-state index < -0.39 is 5.97 Å². The van der Waals surface area contributed by atoms with Crippen molar-refractivity contribution < 1.29 is 23.9 Å². The Morgan fingerprint density at radius 2 is 1.77 bits per heavy atom. The molecule has 7 nitrogen and oxygen atoms in total. The van der Waals surface area contributed by atoms with Crippen LogP contribution >= 0.6 is 0 Å². The molecule has 1 heterocycles. The van der Waals surface area contributed by atoms with Crippen LogP contribution in [0.15, 0.2) is 48.5 Å². The van der Waals surface area contributed by atoms with Gasteiger partial charge in [-0.3, -0.25) is 9.59 Å². The van der Waals surface area contributed by atoms with Crippen molar-refractivity contribution in [2.45, 2.75) is 27.3 Å². The third kappa shape index (κ3) is 5.26. The standard InChI is InChI=1S/C22H23NO4.CH3NO/c1-4-26-20(25)14-27-19-12-8-11-18-22(19)21(16(3)24)15(2)23(18)13-17-9-6-5-7-10-17;2-1-3/h5-12H,4,13-14H2,1-3H3;1H,(H2,2,3). The number of nitrogens with zero attached hydrogens (tertiary/aromatic N) is 1. The summed E-state index contributed by atoms with van der Waals surface area (Å²) >= 11 is 0. The van der Waals surface area contributed by atoms with E-state index in [1.165, 1.54) is 0 Å². The zero-order valence-corrected chi connectivity index (χ0v) is 17.4. The zero-order chi connectivity index (χ0) is 22.1. The summed E-state index contributed by atoms with van der Waals surface area (Å²) in [6.45, 7) is 6.01. The summed E-state index contributed by atoms with van der Waals surface area (Å²) in [6.07, 6.45) is 0.250. The van der Waals surface area contributed by atoms with Crippen LogP contribution in [-0.2, 0) is 20.9 Å². The summed E-state index contributed by atoms with van der Waals surface area (Å²) in [5, 5.41) is 0.739. The smallest absolute Gasteiger partial charge is 0.344 e. The number of amides is 1. The molecule has 2 aromatic carbocycles. The molecule has 0 unspecified atom stereocenters. The van der Waals surface area contributed by atoms with Crippen molar-refractivity contribution in [3.63, 3.8) is 0 Å². The van der Waals surface area contributed by atoms with Gasteiger partial charge in [0.1, 0.15) is 5.75 Å². The van der Waals surface area contributed by atoms with Gasteiger partial charge in [0.2, 0.25) is 6.41 Å². The number of esters is 1. The summed E-state index contributed by atoms with van der Waals surface area (Å²) < 4.78 is 12.7. The van der Waals surface area contributed by atoms with E-state index in [2.05, 4.69) is 22.4 Å². The van der Waals surface area contributed by atoms with Crippen molar-refractivity contribution in [2.24, 2.45) is 5.73 Å². The van der Waals surface area contributed by atoms with Crippen molar-refractivity contribution in [3.05, 3.63) is 65.4 Å². The lowest BCUT2D eigenvalue weighted by molar-refractivity contribution is -0.145. The maximum Gasteiger partial charge on any atom is 0.344 e. The van der Waals surface area contributed by atoms with Crippen molar-refractivity contribution in [2.75, 3.05) is 13.2 Å². The monoisotopic (exact) mass is 410 g/mol. The highest BCUT2D eigenvalue weighted by atomic mass is 16.6. The number of hydrogen-bond donors (Lipinski definition) is 1. The Bertz CT molecular complexity index is 1020. The minimum atomic E-state index is -0.431. The molecule has 0 saturated heterocycles. The third-order valence-corrected chi connectivity index (χ3v) is 4.50. The van der Waals surface area contributed by atoms with Crippen LogP contribution in [0.5, 0.6) is 5.75 Å². The number of primary amides is 1. The number of Topliss-reactive ketones (excluding diaryl/α,β-unsaturated/α-hetero) is 1. The van der Waals surface area contributed by atoms with E-state index in [-0.39, 0.29) is 18.8 Å². The van der Waals surface area contributed by atoms with Gasteiger partial charge in [0, 0.05) is 17.8 Å². The normalized spacial score (nSPS) is 10.1. The second kappa shape index (κ2) is 10.8. The quantitative estimate of drug-likeness (QED) is 0.366. The predicted molar refractivity (Wildman–Crippen MR) is 115 cm³/mol. The van der Waals surface area contributed by atoms with Gasteiger partial charge in [-0.1, -0.05) is 36.4 Å². The summed E-state index contributed by atoms with van der Waals surface area (Å²) in [4.78, 5) is 32.6. The van der Waals surface area contributed by atoms with Crippen molar-refractivity contribution in [1.29, 1.82) is 0 Å². The molecule has 0 saturated carbocycles. The molecule has 3 aromatic rings. The van der Waals surface area contributed by atoms with Crippen LogP contribution in [0.2, 0.25) is 0 Å². The Morgan fingerprint density at radius 1 is 1.10 bits per heavy atom. The molecule has 0 bridgehead atoms. The first-order valence-electron chi connectivity index (χ1n) is 9.55. The lowest BCUT2D eigenvalue weighted by atomic mass is 10.1. The minimum Gasteiger partial charge on any atom is -0.481 e. The molecule has 0 aliphatic heterocycles. The topological polar surface area (TPSA) is 101 Å². The molecule has 7 heteroatoms. The molecule has 0 aliphatic carbocycles. The highest BCUT2D eigenvalue weighted by Crippen LogP contribution is 2.34. The number of ether oxygens (including phenoxy) is 2. The Balaban J connectivity index is 0.00000101. The lowest BCUT2D eigenvalue weighted by Gasteiger charge is -2.10. The molecule has 30 heavy (non-hydrogen) atoms. The summed E-state index contributed by atoms with van der Waals surface area (Å²) in [6, 6.07) is 15.7. The van der Waals surface area contributed by atoms with E-state index >= 15 is 0 Å². The van der Waals surface area contributed by atoms with Gasteiger partial charge in [-0.25, -0.2) is 4.79 Å². The number of ketones is 1. The van der Waals surface area contributed by atoms with Crippen LogP contribution in [0.25, 0.3) is 10.9 Å². The van der Waals surface area contributed by atoms with E-state index in [9.17, 15) is 9.59 Å². The molecule has 0 spiro atoms. The van der Waals surface area contributed by atoms with Gasteiger partial charge in [0.05, 0.1) is 17.5 Å². The van der Waals surface area contributed by atoms with Gasteiger partial charge in [0.15, 0.2) is 12.4 Å². The van der Waals surface area contributed by atoms with Gasteiger partial charge in [-0.15, -0.1) is 0 Å². The average Bonchev–Trinajstić information content (AvgIpc) is 3.00. The van der Waals surface area contributed by atoms with Gasteiger partial charge in [-0.05, 0) is 38.5 Å². The van der Waals surface area contributed by atoms with E-state index in [0.717, 1.165) is 22.2 Å². The number of carbonyl (C=O) groups excluding carboxylic acids is 3. The van der Waals surface area contributed by atoms with E-state index in [0.29, 0.717) is 24.5 Å². The largest absolute Gasteiger partial charge is 0.481 e. The highest BCUT2D eigenvalue weighted by Gasteiger charge is 2.21. The second-order valence-corrected chi connectivity index (χ2v) is 6.47. The van der Waals surface area contributed by atoms with Crippen LogP contribution in [0, 0.1) is 6.92 Å². The number of hydrogen-bond acceptors (Lipinski definition) is 5. The Hall–Kier alpha value is -3.61. The van der Waals surface area contributed by atoms with Gasteiger partial charge in [0.25, 0.3) is 0 Å². The first kappa shape index (κ1) is 22.7. The molecule has 1 amide bonds. The summed E-state index contributed by atoms with van der Waals surface area (Å²) in [7, 11) is 0. The number of carbonyl (C=O) groups is 3. The van der Waals surface area contributed by atoms with Crippen LogP contribution < -0.4 is 10.5 Å². The second-order valence-electron chi connectivity index (χ2n) is 6.47. The molecule has 3 rings (SSSR count). The Labute approximate surface area is 175 Å². The van der Waals surface area contributed by atoms with Crippen molar-refractivity contribution >= 4 is 29.1 Å². The number of rotatable bonds is 7. The molecule has 0 aliphatic rings. The first-order valence-corrected chi connectivity index (χ1v) is 9.55. The molecule has 0 fully saturated rings. The number of benzene rings is 2. The fourth-order valence-corrected chi connectivity index (χ4v) is 3.35. The van der Waals surface area contributed by atoms with E-state index in [1.54, 1.807) is 19.9 Å². The highest BCUT2D eigenvalue weighted by molar-refractivity contribution is 6.10. The van der Waals surface area contributed by atoms with Gasteiger partial charge < -0.3 is 19.8 Å². The Morgan fingerprint density at radius 3 is 2.37 bits per heavy atom.